The van der Waals surface area contributed by atoms with Crippen LogP contribution in [0, 0.1) is 0 Å². The van der Waals surface area contributed by atoms with Gasteiger partial charge in [0.05, 0.1) is 9.79 Å². The highest BCUT2D eigenvalue weighted by Crippen LogP contribution is 2.21. The lowest BCUT2D eigenvalue weighted by Gasteiger charge is -2.15. The van der Waals surface area contributed by atoms with Crippen LogP contribution in [0.5, 0.6) is 0 Å². The van der Waals surface area contributed by atoms with E-state index in [4.69, 9.17) is 10.3 Å². The second kappa shape index (κ2) is 7.06. The minimum Gasteiger partial charge on any atom is -0.481 e. The van der Waals surface area contributed by atoms with E-state index in [1.807, 2.05) is 0 Å². The maximum absolute atomic E-state index is 12.4. The van der Waals surface area contributed by atoms with Crippen LogP contribution in [0.3, 0.4) is 0 Å². The molecule has 0 heterocycles. The molecule has 1 unspecified atom stereocenters. The molecule has 0 aliphatic rings. The minimum absolute atomic E-state index is 0.106. The number of carbonyl (C=O) groups is 2. The summed E-state index contributed by atoms with van der Waals surface area (Å²) in [6.45, 7) is 0. The predicted molar refractivity (Wildman–Crippen MR) is 77.3 cm³/mol. The van der Waals surface area contributed by atoms with Gasteiger partial charge in [0, 0.05) is 12.7 Å². The summed E-state index contributed by atoms with van der Waals surface area (Å²) in [5.74, 6) is -2.57. The van der Waals surface area contributed by atoms with Crippen molar-refractivity contribution >= 4 is 31.6 Å². The van der Waals surface area contributed by atoms with Crippen LogP contribution < -0.4 is 5.48 Å². The summed E-state index contributed by atoms with van der Waals surface area (Å²) < 4.78 is 47.5. The van der Waals surface area contributed by atoms with E-state index in [9.17, 15) is 26.4 Å². The summed E-state index contributed by atoms with van der Waals surface area (Å²) in [4.78, 5) is 21.7. The number of nitrogens with one attached hydrogen (secondary N) is 1. The molecule has 1 amide bonds. The van der Waals surface area contributed by atoms with E-state index >= 15 is 0 Å². The maximum atomic E-state index is 12.4. The molecule has 0 aliphatic heterocycles. The smallest absolute Gasteiger partial charge is 0.303 e. The van der Waals surface area contributed by atoms with Gasteiger partial charge in [0.15, 0.2) is 19.7 Å². The number of hydroxylamine groups is 1. The normalized spacial score (nSPS) is 13.3. The van der Waals surface area contributed by atoms with E-state index in [1.165, 1.54) is 5.48 Å². The molecule has 0 saturated carbocycles. The number of carboxylic acid groups (broad SMARTS) is 1. The van der Waals surface area contributed by atoms with E-state index in [-0.39, 0.29) is 9.79 Å². The minimum atomic E-state index is -4.30. The molecule has 1 atom stereocenters. The third-order valence-electron chi connectivity index (χ3n) is 2.98. The van der Waals surface area contributed by atoms with Crippen LogP contribution in [0.4, 0.5) is 0 Å². The molecule has 0 radical (unpaired) electrons. The highest BCUT2D eigenvalue weighted by Gasteiger charge is 2.34. The van der Waals surface area contributed by atoms with Crippen molar-refractivity contribution < 1.29 is 36.7 Å². The lowest BCUT2D eigenvalue weighted by atomic mass is 10.2. The lowest BCUT2D eigenvalue weighted by molar-refractivity contribution is -0.137. The van der Waals surface area contributed by atoms with Gasteiger partial charge in [0.2, 0.25) is 0 Å². The standard InChI is InChI=1S/C12H15NO8S2/c1-22(18,19)8-2-4-9(5-3-8)23(20,21)10(12(16)13-17)6-7-11(14)15/h2-5,10,17H,6-7H2,1H3,(H,13,16)(H,14,15). The van der Waals surface area contributed by atoms with Gasteiger partial charge in [-0.15, -0.1) is 0 Å². The quantitative estimate of drug-likeness (QED) is 0.435. The van der Waals surface area contributed by atoms with Crippen molar-refractivity contribution in [2.24, 2.45) is 0 Å². The number of sulfone groups is 2. The molecular formula is C12H15NO8S2. The second-order valence-corrected chi connectivity index (χ2v) is 8.83. The molecule has 0 aliphatic carbocycles. The summed E-state index contributed by atoms with van der Waals surface area (Å²) in [7, 11) is -7.82. The topological polar surface area (TPSA) is 155 Å². The molecule has 23 heavy (non-hydrogen) atoms. The number of aliphatic carboxylic acids is 1. The summed E-state index contributed by atoms with van der Waals surface area (Å²) in [5, 5.41) is 15.5. The second-order valence-electron chi connectivity index (χ2n) is 4.69. The summed E-state index contributed by atoms with van der Waals surface area (Å²) >= 11 is 0. The van der Waals surface area contributed by atoms with Crippen LogP contribution in [0.15, 0.2) is 34.1 Å². The first-order chi connectivity index (χ1) is 10.5. The van der Waals surface area contributed by atoms with Crippen molar-refractivity contribution in [3.8, 4) is 0 Å². The Morgan fingerprint density at radius 1 is 1.09 bits per heavy atom. The van der Waals surface area contributed by atoms with Crippen molar-refractivity contribution in [3.05, 3.63) is 24.3 Å². The number of benzene rings is 1. The van der Waals surface area contributed by atoms with Crippen molar-refractivity contribution in [3.63, 3.8) is 0 Å². The number of hydrogen-bond acceptors (Lipinski definition) is 7. The lowest BCUT2D eigenvalue weighted by Crippen LogP contribution is -2.38. The molecule has 0 aromatic heterocycles. The van der Waals surface area contributed by atoms with Gasteiger partial charge in [-0.2, -0.15) is 0 Å². The molecule has 1 aromatic carbocycles. The van der Waals surface area contributed by atoms with E-state index in [1.54, 1.807) is 0 Å². The van der Waals surface area contributed by atoms with Gasteiger partial charge in [0.25, 0.3) is 5.91 Å². The summed E-state index contributed by atoms with van der Waals surface area (Å²) in [6.07, 6.45) is -0.192. The fourth-order valence-corrected chi connectivity index (χ4v) is 4.03. The molecule has 0 fully saturated rings. The number of carboxylic acids is 1. The Morgan fingerprint density at radius 2 is 1.57 bits per heavy atom. The third kappa shape index (κ3) is 4.74. The van der Waals surface area contributed by atoms with Crippen molar-refractivity contribution in [1.29, 1.82) is 0 Å². The highest BCUT2D eigenvalue weighted by molar-refractivity contribution is 7.93. The summed E-state index contributed by atoms with van der Waals surface area (Å²) in [6, 6.07) is 4.13. The molecule has 3 N–H and O–H groups in total. The SMILES string of the molecule is CS(=O)(=O)c1ccc(S(=O)(=O)C(CCC(=O)O)C(=O)NO)cc1. The largest absolute Gasteiger partial charge is 0.481 e. The molecule has 0 bridgehead atoms. The fraction of sp³-hybridized carbons (Fsp3) is 0.333. The average molecular weight is 365 g/mol. The average Bonchev–Trinajstić information content (AvgIpc) is 2.45. The van der Waals surface area contributed by atoms with Crippen LogP contribution in [0.25, 0.3) is 0 Å². The molecular weight excluding hydrogens is 350 g/mol. The van der Waals surface area contributed by atoms with Gasteiger partial charge >= 0.3 is 5.97 Å². The van der Waals surface area contributed by atoms with Gasteiger partial charge in [0.1, 0.15) is 5.25 Å². The van der Waals surface area contributed by atoms with E-state index < -0.39 is 49.6 Å². The molecule has 128 valence electrons. The van der Waals surface area contributed by atoms with Crippen molar-refractivity contribution in [1.82, 2.24) is 5.48 Å². The Balaban J connectivity index is 3.24. The van der Waals surface area contributed by atoms with E-state index in [0.29, 0.717) is 0 Å². The predicted octanol–water partition coefficient (Wildman–Crippen LogP) is -0.397. The van der Waals surface area contributed by atoms with Gasteiger partial charge in [-0.25, -0.2) is 22.3 Å². The Morgan fingerprint density at radius 3 is 1.96 bits per heavy atom. The summed E-state index contributed by atoms with van der Waals surface area (Å²) in [5.41, 5.74) is 1.19. The van der Waals surface area contributed by atoms with Gasteiger partial charge in [-0.05, 0) is 30.7 Å². The zero-order valence-corrected chi connectivity index (χ0v) is 13.6. The fourth-order valence-electron chi connectivity index (χ4n) is 1.79. The van der Waals surface area contributed by atoms with Crippen LogP contribution in [-0.4, -0.2) is 50.5 Å². The number of amides is 1. The first-order valence-electron chi connectivity index (χ1n) is 6.20. The number of rotatable bonds is 7. The van der Waals surface area contributed by atoms with Gasteiger partial charge in [-0.1, -0.05) is 0 Å². The monoisotopic (exact) mass is 365 g/mol. The Hall–Kier alpha value is -1.98. The zero-order valence-electron chi connectivity index (χ0n) is 12.0. The van der Waals surface area contributed by atoms with E-state index in [0.717, 1.165) is 30.5 Å². The first kappa shape index (κ1) is 19.1. The van der Waals surface area contributed by atoms with Crippen molar-refractivity contribution in [2.45, 2.75) is 27.9 Å². The van der Waals surface area contributed by atoms with Crippen LogP contribution in [0.1, 0.15) is 12.8 Å². The van der Waals surface area contributed by atoms with Crippen LogP contribution in [0.2, 0.25) is 0 Å². The highest BCUT2D eigenvalue weighted by atomic mass is 32.2. The van der Waals surface area contributed by atoms with E-state index in [2.05, 4.69) is 0 Å². The zero-order chi connectivity index (χ0) is 17.8. The maximum Gasteiger partial charge on any atom is 0.303 e. The Bertz CT molecular complexity index is 796. The molecule has 0 saturated heterocycles. The number of hydrogen-bond donors (Lipinski definition) is 3. The van der Waals surface area contributed by atoms with Crippen LogP contribution >= 0.6 is 0 Å². The third-order valence-corrected chi connectivity index (χ3v) is 6.23. The Labute approximate surface area is 132 Å². The molecule has 1 rings (SSSR count). The van der Waals surface area contributed by atoms with Gasteiger partial charge in [-0.3, -0.25) is 14.8 Å². The van der Waals surface area contributed by atoms with Crippen molar-refractivity contribution in [2.75, 3.05) is 6.26 Å². The first-order valence-corrected chi connectivity index (χ1v) is 9.63. The van der Waals surface area contributed by atoms with Crippen LogP contribution in [-0.2, 0) is 29.3 Å². The molecule has 0 spiro atoms. The van der Waals surface area contributed by atoms with Gasteiger partial charge < -0.3 is 5.11 Å². The molecule has 9 nitrogen and oxygen atoms in total. The Kier molecular flexibility index (Phi) is 5.86. The molecule has 11 heteroatoms. The molecule has 1 aromatic rings. The number of carbonyl (C=O) groups excluding carboxylic acids is 1.